The van der Waals surface area contributed by atoms with Crippen LogP contribution in [0, 0.1) is 5.82 Å². The van der Waals surface area contributed by atoms with E-state index in [1.165, 1.54) is 16.4 Å². The Bertz CT molecular complexity index is 1150. The summed E-state index contributed by atoms with van der Waals surface area (Å²) in [7, 11) is -1.87. The number of hydrogen-bond acceptors (Lipinski definition) is 4. The first-order chi connectivity index (χ1) is 14.3. The predicted molar refractivity (Wildman–Crippen MR) is 111 cm³/mol. The van der Waals surface area contributed by atoms with Crippen molar-refractivity contribution in [3.05, 3.63) is 81.9 Å². The summed E-state index contributed by atoms with van der Waals surface area (Å²) in [6, 6.07) is 12.3. The zero-order valence-corrected chi connectivity index (χ0v) is 18.0. The zero-order valence-electron chi connectivity index (χ0n) is 16.4. The molecule has 0 fully saturated rings. The first-order valence-corrected chi connectivity index (χ1v) is 11.3. The summed E-state index contributed by atoms with van der Waals surface area (Å²) in [6.07, 6.45) is 0.552. The molecule has 0 N–H and O–H groups in total. The van der Waals surface area contributed by atoms with Crippen LogP contribution in [0.5, 0.6) is 0 Å². The predicted octanol–water partition coefficient (Wildman–Crippen LogP) is 3.68. The summed E-state index contributed by atoms with van der Waals surface area (Å²) in [5.41, 5.74) is 3.58. The molecule has 6 nitrogen and oxygen atoms in total. The van der Waals surface area contributed by atoms with Gasteiger partial charge in [-0.2, -0.15) is 9.40 Å². The molecule has 0 unspecified atom stereocenters. The number of aromatic nitrogens is 2. The number of sulfonamides is 1. The minimum absolute atomic E-state index is 0.0804. The van der Waals surface area contributed by atoms with E-state index in [0.29, 0.717) is 24.6 Å². The zero-order chi connectivity index (χ0) is 21.3. The van der Waals surface area contributed by atoms with E-state index in [0.717, 1.165) is 34.6 Å². The number of benzene rings is 2. The lowest BCUT2D eigenvalue weighted by molar-refractivity contribution is 0.103. The van der Waals surface area contributed by atoms with Gasteiger partial charge in [-0.25, -0.2) is 12.8 Å². The molecule has 2 heterocycles. The molecule has 158 valence electrons. The summed E-state index contributed by atoms with van der Waals surface area (Å²) in [4.78, 5) is 0.0804. The van der Waals surface area contributed by atoms with E-state index in [4.69, 9.17) is 16.3 Å². The summed E-state index contributed by atoms with van der Waals surface area (Å²) in [5, 5.41) is 5.20. The molecule has 0 bridgehead atoms. The van der Waals surface area contributed by atoms with Crippen LogP contribution >= 0.6 is 11.6 Å². The lowest BCUT2D eigenvalue weighted by Gasteiger charge is -2.27. The topological polar surface area (TPSA) is 64.4 Å². The van der Waals surface area contributed by atoms with Crippen molar-refractivity contribution in [1.29, 1.82) is 0 Å². The van der Waals surface area contributed by atoms with Gasteiger partial charge in [0.25, 0.3) is 0 Å². The van der Waals surface area contributed by atoms with Gasteiger partial charge in [0, 0.05) is 42.8 Å². The molecule has 9 heteroatoms. The highest BCUT2D eigenvalue weighted by atomic mass is 35.5. The van der Waals surface area contributed by atoms with E-state index in [1.54, 1.807) is 16.8 Å². The maximum Gasteiger partial charge on any atom is 0.243 e. The van der Waals surface area contributed by atoms with E-state index in [1.807, 2.05) is 19.2 Å². The van der Waals surface area contributed by atoms with Crippen LogP contribution in [-0.2, 0) is 48.0 Å². The average Bonchev–Trinajstić information content (AvgIpc) is 3.05. The monoisotopic (exact) mass is 449 g/mol. The van der Waals surface area contributed by atoms with Crippen LogP contribution in [0.1, 0.15) is 22.5 Å². The fourth-order valence-electron chi connectivity index (χ4n) is 3.57. The Labute approximate surface area is 179 Å². The van der Waals surface area contributed by atoms with Crippen LogP contribution in [-0.4, -0.2) is 29.0 Å². The van der Waals surface area contributed by atoms with Crippen molar-refractivity contribution in [3.8, 4) is 0 Å². The number of ether oxygens (including phenoxy) is 1. The van der Waals surface area contributed by atoms with Crippen LogP contribution in [0.25, 0.3) is 0 Å². The van der Waals surface area contributed by atoms with Crippen molar-refractivity contribution >= 4 is 21.6 Å². The minimum atomic E-state index is -3.72. The third kappa shape index (κ3) is 4.27. The molecular weight excluding hydrogens is 429 g/mol. The van der Waals surface area contributed by atoms with Gasteiger partial charge >= 0.3 is 0 Å². The van der Waals surface area contributed by atoms with Gasteiger partial charge in [-0.15, -0.1) is 0 Å². The van der Waals surface area contributed by atoms with Gasteiger partial charge < -0.3 is 4.74 Å². The molecule has 0 saturated carbocycles. The second kappa shape index (κ2) is 8.47. The Morgan fingerprint density at radius 2 is 1.80 bits per heavy atom. The van der Waals surface area contributed by atoms with Crippen LogP contribution in [0.3, 0.4) is 0 Å². The maximum absolute atomic E-state index is 13.2. The molecule has 3 aromatic rings. The lowest BCUT2D eigenvalue weighted by Crippen LogP contribution is -2.36. The minimum Gasteiger partial charge on any atom is -0.370 e. The van der Waals surface area contributed by atoms with E-state index < -0.39 is 15.8 Å². The summed E-state index contributed by atoms with van der Waals surface area (Å²) >= 11 is 5.90. The number of fused-ring (bicyclic) bond motifs is 1. The second-order valence-electron chi connectivity index (χ2n) is 7.16. The molecule has 1 aromatic heterocycles. The Balaban J connectivity index is 1.50. The standard InChI is InChI=1S/C21H21ClFN3O3S/c1-25-21-10-11-26(30(27,28)18-8-6-17(23)7-9-18)12-19(21)20(24-25)14-29-13-15-2-4-16(22)5-3-15/h2-9H,10-14H2,1H3. The fourth-order valence-corrected chi connectivity index (χ4v) is 5.10. The quantitative estimate of drug-likeness (QED) is 0.576. The first-order valence-electron chi connectivity index (χ1n) is 9.46. The Kier molecular flexibility index (Phi) is 5.92. The van der Waals surface area contributed by atoms with Crippen molar-refractivity contribution in [1.82, 2.24) is 14.1 Å². The molecule has 1 aliphatic rings. The Hall–Kier alpha value is -2.26. The molecule has 2 aromatic carbocycles. The Morgan fingerprint density at radius 3 is 2.50 bits per heavy atom. The number of halogens is 2. The molecule has 30 heavy (non-hydrogen) atoms. The highest BCUT2D eigenvalue weighted by Gasteiger charge is 2.31. The van der Waals surface area contributed by atoms with E-state index in [2.05, 4.69) is 5.10 Å². The number of hydrogen-bond donors (Lipinski definition) is 0. The fraction of sp³-hybridized carbons (Fsp3) is 0.286. The number of nitrogens with zero attached hydrogens (tertiary/aromatic N) is 3. The SMILES string of the molecule is Cn1nc(COCc2ccc(Cl)cc2)c2c1CCN(S(=O)(=O)c1ccc(F)cc1)C2. The van der Waals surface area contributed by atoms with Crippen LogP contribution in [0.2, 0.25) is 5.02 Å². The summed E-state index contributed by atoms with van der Waals surface area (Å²) < 4.78 is 48.2. The largest absolute Gasteiger partial charge is 0.370 e. The highest BCUT2D eigenvalue weighted by Crippen LogP contribution is 2.27. The van der Waals surface area contributed by atoms with E-state index in [-0.39, 0.29) is 18.0 Å². The third-order valence-corrected chi connectivity index (χ3v) is 7.27. The van der Waals surface area contributed by atoms with Gasteiger partial charge in [-0.1, -0.05) is 23.7 Å². The van der Waals surface area contributed by atoms with Crippen LogP contribution in [0.15, 0.2) is 53.4 Å². The van der Waals surface area contributed by atoms with Gasteiger partial charge in [0.05, 0.1) is 23.8 Å². The molecule has 0 saturated heterocycles. The van der Waals surface area contributed by atoms with Crippen molar-refractivity contribution in [2.24, 2.45) is 7.05 Å². The molecule has 1 aliphatic heterocycles. The molecule has 0 radical (unpaired) electrons. The van der Waals surface area contributed by atoms with Crippen LogP contribution in [0.4, 0.5) is 4.39 Å². The van der Waals surface area contributed by atoms with Crippen molar-refractivity contribution < 1.29 is 17.5 Å². The van der Waals surface area contributed by atoms with E-state index >= 15 is 0 Å². The van der Waals surface area contributed by atoms with Crippen molar-refractivity contribution in [3.63, 3.8) is 0 Å². The first kappa shape index (κ1) is 21.0. The second-order valence-corrected chi connectivity index (χ2v) is 9.53. The van der Waals surface area contributed by atoms with Gasteiger partial charge in [0.2, 0.25) is 10.0 Å². The van der Waals surface area contributed by atoms with Crippen molar-refractivity contribution in [2.45, 2.75) is 31.1 Å². The summed E-state index contributed by atoms with van der Waals surface area (Å²) in [5.74, 6) is -0.470. The van der Waals surface area contributed by atoms with Gasteiger partial charge in [0.1, 0.15) is 5.82 Å². The third-order valence-electron chi connectivity index (χ3n) is 5.16. The lowest BCUT2D eigenvalue weighted by atomic mass is 10.1. The van der Waals surface area contributed by atoms with E-state index in [9.17, 15) is 12.8 Å². The smallest absolute Gasteiger partial charge is 0.243 e. The number of aryl methyl sites for hydroxylation is 1. The number of rotatable bonds is 6. The molecule has 0 spiro atoms. The van der Waals surface area contributed by atoms with Crippen LogP contribution < -0.4 is 0 Å². The maximum atomic E-state index is 13.2. The molecular formula is C21H21ClFN3O3S. The summed E-state index contributed by atoms with van der Waals surface area (Å²) in [6.45, 7) is 1.23. The molecule has 0 amide bonds. The normalized spacial score (nSPS) is 14.6. The molecule has 0 aliphatic carbocycles. The van der Waals surface area contributed by atoms with Gasteiger partial charge in [0.15, 0.2) is 0 Å². The van der Waals surface area contributed by atoms with Gasteiger partial charge in [-0.05, 0) is 42.0 Å². The molecule has 4 rings (SSSR count). The molecule has 0 atom stereocenters. The van der Waals surface area contributed by atoms with Crippen molar-refractivity contribution in [2.75, 3.05) is 6.54 Å². The highest BCUT2D eigenvalue weighted by molar-refractivity contribution is 7.89. The van der Waals surface area contributed by atoms with Gasteiger partial charge in [-0.3, -0.25) is 4.68 Å². The Morgan fingerprint density at radius 1 is 1.10 bits per heavy atom. The average molecular weight is 450 g/mol.